The largest absolute Gasteiger partial charge is 0.396 e. The Morgan fingerprint density at radius 2 is 1.79 bits per heavy atom. The molecule has 0 aliphatic carbocycles. The maximum atomic E-state index is 9.02. The highest BCUT2D eigenvalue weighted by molar-refractivity contribution is 14.0. The second-order valence-corrected chi connectivity index (χ2v) is 5.84. The molecule has 0 saturated carbocycles. The van der Waals surface area contributed by atoms with Crippen LogP contribution in [-0.4, -0.2) is 30.8 Å². The van der Waals surface area contributed by atoms with E-state index in [0.29, 0.717) is 30.3 Å². The Balaban J connectivity index is 0. The molecule has 116 valence electrons. The quantitative estimate of drug-likeness (QED) is 0.325. The van der Waals surface area contributed by atoms with E-state index in [1.807, 2.05) is 0 Å². The molecule has 0 aromatic rings. The van der Waals surface area contributed by atoms with E-state index in [9.17, 15) is 0 Å². The molecule has 0 rings (SSSR count). The summed E-state index contributed by atoms with van der Waals surface area (Å²) in [5.74, 6) is 2.27. The van der Waals surface area contributed by atoms with E-state index in [1.54, 1.807) is 0 Å². The van der Waals surface area contributed by atoms with Crippen LogP contribution in [0.2, 0.25) is 0 Å². The number of nitrogens with zero attached hydrogens (tertiary/aromatic N) is 1. The Hall–Kier alpha value is -0.0400. The van der Waals surface area contributed by atoms with Gasteiger partial charge in [-0.2, -0.15) is 0 Å². The fraction of sp³-hybridized carbons (Fsp3) is 0.929. The van der Waals surface area contributed by atoms with E-state index < -0.39 is 0 Å². The molecule has 0 spiro atoms. The number of aliphatic imine (C=N–C) groups is 1. The van der Waals surface area contributed by atoms with Crippen LogP contribution in [0.25, 0.3) is 0 Å². The summed E-state index contributed by atoms with van der Waals surface area (Å²) >= 11 is 0. The number of rotatable bonds is 9. The number of guanidine groups is 1. The van der Waals surface area contributed by atoms with E-state index in [0.717, 1.165) is 25.8 Å². The summed E-state index contributed by atoms with van der Waals surface area (Å²) in [6.07, 6.45) is 2.99. The molecule has 0 aromatic carbocycles. The van der Waals surface area contributed by atoms with Crippen LogP contribution in [-0.2, 0) is 0 Å². The second-order valence-electron chi connectivity index (χ2n) is 5.84. The second kappa shape index (κ2) is 13.0. The first-order valence-corrected chi connectivity index (χ1v) is 7.10. The molecule has 0 heterocycles. The first kappa shape index (κ1) is 21.3. The highest BCUT2D eigenvalue weighted by Crippen LogP contribution is 2.15. The van der Waals surface area contributed by atoms with Crippen LogP contribution in [0.15, 0.2) is 4.99 Å². The van der Waals surface area contributed by atoms with E-state index >= 15 is 0 Å². The third-order valence-electron chi connectivity index (χ3n) is 2.89. The minimum Gasteiger partial charge on any atom is -0.396 e. The monoisotopic (exact) mass is 385 g/mol. The van der Waals surface area contributed by atoms with Crippen molar-refractivity contribution in [3.8, 4) is 0 Å². The average Bonchev–Trinajstić information content (AvgIpc) is 2.25. The van der Waals surface area contributed by atoms with Crippen molar-refractivity contribution >= 4 is 29.9 Å². The summed E-state index contributed by atoms with van der Waals surface area (Å²) in [7, 11) is 0. The normalized spacial score (nSPS) is 13.5. The molecule has 0 aromatic heterocycles. The summed E-state index contributed by atoms with van der Waals surface area (Å²) in [6.45, 7) is 10.6. The third-order valence-corrected chi connectivity index (χ3v) is 2.89. The lowest BCUT2D eigenvalue weighted by molar-refractivity contribution is 0.246. The van der Waals surface area contributed by atoms with Gasteiger partial charge in [0.2, 0.25) is 0 Å². The number of hydrogen-bond donors (Lipinski definition) is 3. The Kier molecular flexibility index (Phi) is 14.5. The van der Waals surface area contributed by atoms with Crippen molar-refractivity contribution in [1.82, 2.24) is 5.32 Å². The molecule has 0 saturated heterocycles. The lowest BCUT2D eigenvalue weighted by atomic mass is 9.94. The topological polar surface area (TPSA) is 70.6 Å². The van der Waals surface area contributed by atoms with Crippen LogP contribution < -0.4 is 11.1 Å². The van der Waals surface area contributed by atoms with E-state index in [-0.39, 0.29) is 30.6 Å². The molecule has 0 fully saturated rings. The Bertz CT molecular complexity index is 233. The smallest absolute Gasteiger partial charge is 0.188 e. The van der Waals surface area contributed by atoms with Gasteiger partial charge in [0.05, 0.1) is 0 Å². The Morgan fingerprint density at radius 3 is 2.26 bits per heavy atom. The number of hydrogen-bond acceptors (Lipinski definition) is 2. The van der Waals surface area contributed by atoms with Crippen LogP contribution in [0, 0.1) is 17.8 Å². The van der Waals surface area contributed by atoms with Gasteiger partial charge >= 0.3 is 0 Å². The van der Waals surface area contributed by atoms with Crippen LogP contribution in [0.4, 0.5) is 0 Å². The number of nitrogens with two attached hydrogens (primary N) is 1. The molecule has 1 unspecified atom stereocenters. The van der Waals surface area contributed by atoms with Crippen molar-refractivity contribution in [3.63, 3.8) is 0 Å². The molecule has 4 nitrogen and oxygen atoms in total. The molecular weight excluding hydrogens is 353 g/mol. The Labute approximate surface area is 135 Å². The maximum Gasteiger partial charge on any atom is 0.188 e. The van der Waals surface area contributed by atoms with E-state index in [1.165, 1.54) is 0 Å². The van der Waals surface area contributed by atoms with Crippen molar-refractivity contribution in [2.75, 3.05) is 19.7 Å². The first-order valence-electron chi connectivity index (χ1n) is 7.10. The summed E-state index contributed by atoms with van der Waals surface area (Å²) in [6, 6.07) is 0. The summed E-state index contributed by atoms with van der Waals surface area (Å²) in [4.78, 5) is 4.37. The molecular formula is C14H32IN3O. The minimum absolute atomic E-state index is 0. The molecule has 0 amide bonds. The lowest BCUT2D eigenvalue weighted by Crippen LogP contribution is -2.33. The highest BCUT2D eigenvalue weighted by atomic mass is 127. The predicted molar refractivity (Wildman–Crippen MR) is 94.0 cm³/mol. The van der Waals surface area contributed by atoms with Crippen molar-refractivity contribution in [1.29, 1.82) is 0 Å². The van der Waals surface area contributed by atoms with Crippen LogP contribution in [0.3, 0.4) is 0 Å². The van der Waals surface area contributed by atoms with Gasteiger partial charge in [0.15, 0.2) is 5.96 Å². The van der Waals surface area contributed by atoms with Crippen LogP contribution in [0.5, 0.6) is 0 Å². The highest BCUT2D eigenvalue weighted by Gasteiger charge is 2.10. The van der Waals surface area contributed by atoms with Crippen molar-refractivity contribution < 1.29 is 5.11 Å². The lowest BCUT2D eigenvalue weighted by Gasteiger charge is -2.16. The molecule has 19 heavy (non-hydrogen) atoms. The zero-order chi connectivity index (χ0) is 14.0. The maximum absolute atomic E-state index is 9.02. The van der Waals surface area contributed by atoms with Gasteiger partial charge in [-0.1, -0.05) is 27.7 Å². The SMILES string of the molecule is CC(C)CCNC(N)=NCC(CCO)CC(C)C.I. The van der Waals surface area contributed by atoms with E-state index in [4.69, 9.17) is 10.8 Å². The molecule has 0 aliphatic rings. The molecule has 0 bridgehead atoms. The van der Waals surface area contributed by atoms with Crippen molar-refractivity contribution in [2.24, 2.45) is 28.5 Å². The van der Waals surface area contributed by atoms with Gasteiger partial charge < -0.3 is 16.2 Å². The fourth-order valence-electron chi connectivity index (χ4n) is 1.91. The molecule has 4 N–H and O–H groups in total. The van der Waals surface area contributed by atoms with Gasteiger partial charge in [0.1, 0.15) is 0 Å². The minimum atomic E-state index is 0. The molecule has 0 radical (unpaired) electrons. The number of aliphatic hydroxyl groups is 1. The summed E-state index contributed by atoms with van der Waals surface area (Å²) < 4.78 is 0. The van der Waals surface area contributed by atoms with Crippen molar-refractivity contribution in [2.45, 2.75) is 47.0 Å². The van der Waals surface area contributed by atoms with Gasteiger partial charge in [-0.15, -0.1) is 24.0 Å². The van der Waals surface area contributed by atoms with Gasteiger partial charge in [-0.05, 0) is 37.0 Å². The predicted octanol–water partition coefficient (Wildman–Crippen LogP) is 2.60. The Morgan fingerprint density at radius 1 is 1.16 bits per heavy atom. The fourth-order valence-corrected chi connectivity index (χ4v) is 1.91. The molecule has 5 heteroatoms. The third kappa shape index (κ3) is 14.2. The van der Waals surface area contributed by atoms with Gasteiger partial charge in [-0.3, -0.25) is 4.99 Å². The van der Waals surface area contributed by atoms with Crippen molar-refractivity contribution in [3.05, 3.63) is 0 Å². The number of nitrogens with one attached hydrogen (secondary N) is 1. The molecule has 0 aliphatic heterocycles. The van der Waals surface area contributed by atoms with Gasteiger partial charge in [0, 0.05) is 19.7 Å². The zero-order valence-electron chi connectivity index (χ0n) is 12.9. The van der Waals surface area contributed by atoms with Crippen LogP contribution in [0.1, 0.15) is 47.0 Å². The van der Waals surface area contributed by atoms with Gasteiger partial charge in [0.25, 0.3) is 0 Å². The zero-order valence-corrected chi connectivity index (χ0v) is 15.2. The summed E-state index contributed by atoms with van der Waals surface area (Å²) in [5.41, 5.74) is 5.81. The van der Waals surface area contributed by atoms with Crippen LogP contribution >= 0.6 is 24.0 Å². The van der Waals surface area contributed by atoms with Gasteiger partial charge in [-0.25, -0.2) is 0 Å². The summed E-state index contributed by atoms with van der Waals surface area (Å²) in [5, 5.41) is 12.2. The van der Waals surface area contributed by atoms with E-state index in [2.05, 4.69) is 38.0 Å². The first-order chi connectivity index (χ1) is 8.45. The number of halogens is 1. The molecule has 1 atom stereocenters. The standard InChI is InChI=1S/C14H31N3O.HI/c1-11(2)5-7-16-14(15)17-10-13(6-8-18)9-12(3)4;/h11-13,18H,5-10H2,1-4H3,(H3,15,16,17);1H. The number of aliphatic hydroxyl groups excluding tert-OH is 1. The average molecular weight is 385 g/mol.